The van der Waals surface area contributed by atoms with Gasteiger partial charge >= 0.3 is 0 Å². The Balaban J connectivity index is 1.55. The number of aromatic nitrogens is 5. The van der Waals surface area contributed by atoms with Gasteiger partial charge in [0, 0.05) is 5.69 Å². The summed E-state index contributed by atoms with van der Waals surface area (Å²) >= 11 is 1.33. The summed E-state index contributed by atoms with van der Waals surface area (Å²) in [5.74, 6) is 1.78. The van der Waals surface area contributed by atoms with Crippen LogP contribution in [0.1, 0.15) is 11.4 Å². The summed E-state index contributed by atoms with van der Waals surface area (Å²) in [6.45, 7) is 1.96. The van der Waals surface area contributed by atoms with Crippen molar-refractivity contribution in [2.45, 2.75) is 17.8 Å². The van der Waals surface area contributed by atoms with Crippen molar-refractivity contribution in [2.24, 2.45) is 0 Å². The van der Waals surface area contributed by atoms with Crippen molar-refractivity contribution in [3.63, 3.8) is 0 Å². The van der Waals surface area contributed by atoms with Gasteiger partial charge in [0.15, 0.2) is 5.16 Å². The standard InChI is InChI=1S/C26H23N7O2S/c1-16-12-13-21(35-2)20(14-16)33-23(34)18-10-6-7-11-19(18)29-26(33)36-15-22-30-24(27)32-25(31-22)28-17-8-4-3-5-9-17/h3-14H,15H2,1-2H3,(H3,27,28,30,31,32). The van der Waals surface area contributed by atoms with E-state index in [2.05, 4.69) is 20.3 Å². The Morgan fingerprint density at radius 2 is 1.75 bits per heavy atom. The van der Waals surface area contributed by atoms with Crippen LogP contribution in [0.2, 0.25) is 0 Å². The normalized spacial score (nSPS) is 10.9. The van der Waals surface area contributed by atoms with Gasteiger partial charge in [-0.1, -0.05) is 48.2 Å². The fourth-order valence-electron chi connectivity index (χ4n) is 3.73. The summed E-state index contributed by atoms with van der Waals surface area (Å²) in [7, 11) is 1.58. The van der Waals surface area contributed by atoms with Crippen LogP contribution < -0.4 is 21.3 Å². The lowest BCUT2D eigenvalue weighted by Gasteiger charge is -2.16. The highest BCUT2D eigenvalue weighted by Gasteiger charge is 2.18. The summed E-state index contributed by atoms with van der Waals surface area (Å²) in [6.07, 6.45) is 0. The second-order valence-electron chi connectivity index (χ2n) is 7.94. The maximum absolute atomic E-state index is 13.6. The van der Waals surface area contributed by atoms with Crippen LogP contribution in [0.4, 0.5) is 17.6 Å². The van der Waals surface area contributed by atoms with Gasteiger partial charge in [0.05, 0.1) is 29.5 Å². The molecule has 0 atom stereocenters. The van der Waals surface area contributed by atoms with Crippen LogP contribution in [-0.4, -0.2) is 31.6 Å². The van der Waals surface area contributed by atoms with Gasteiger partial charge in [0.25, 0.3) is 5.56 Å². The number of aryl methyl sites for hydroxylation is 1. The van der Waals surface area contributed by atoms with Crippen LogP contribution in [0, 0.1) is 6.92 Å². The number of thioether (sulfide) groups is 1. The third-order valence-electron chi connectivity index (χ3n) is 5.38. The third-order valence-corrected chi connectivity index (χ3v) is 6.31. The Hall–Kier alpha value is -4.44. The van der Waals surface area contributed by atoms with Gasteiger partial charge in [-0.25, -0.2) is 4.98 Å². The van der Waals surface area contributed by atoms with Crippen LogP contribution in [0.15, 0.2) is 82.7 Å². The largest absolute Gasteiger partial charge is 0.495 e. The number of hydrogen-bond acceptors (Lipinski definition) is 9. The van der Waals surface area contributed by atoms with E-state index in [0.29, 0.717) is 45.0 Å². The van der Waals surface area contributed by atoms with Gasteiger partial charge in [-0.2, -0.15) is 15.0 Å². The van der Waals surface area contributed by atoms with E-state index in [9.17, 15) is 4.79 Å². The van der Waals surface area contributed by atoms with Crippen molar-refractivity contribution in [1.29, 1.82) is 0 Å². The molecule has 5 aromatic rings. The number of ether oxygens (including phenoxy) is 1. The van der Waals surface area contributed by atoms with E-state index in [1.165, 1.54) is 11.8 Å². The van der Waals surface area contributed by atoms with Gasteiger partial charge in [0.1, 0.15) is 11.6 Å². The smallest absolute Gasteiger partial charge is 0.266 e. The molecule has 2 heterocycles. The number of anilines is 3. The molecule has 0 fully saturated rings. The average molecular weight is 498 g/mol. The molecule has 10 heteroatoms. The number of para-hydroxylation sites is 2. The molecule has 0 aliphatic rings. The highest BCUT2D eigenvalue weighted by Crippen LogP contribution is 2.29. The Bertz CT molecular complexity index is 1610. The van der Waals surface area contributed by atoms with E-state index in [0.717, 1.165) is 11.3 Å². The number of fused-ring (bicyclic) bond motifs is 1. The van der Waals surface area contributed by atoms with Crippen molar-refractivity contribution in [3.8, 4) is 11.4 Å². The molecule has 9 nitrogen and oxygen atoms in total. The molecule has 2 aromatic heterocycles. The number of methoxy groups -OCH3 is 1. The van der Waals surface area contributed by atoms with Crippen LogP contribution in [0.3, 0.4) is 0 Å². The average Bonchev–Trinajstić information content (AvgIpc) is 2.88. The number of benzene rings is 3. The molecule has 0 saturated carbocycles. The molecule has 5 rings (SSSR count). The quantitative estimate of drug-likeness (QED) is 0.247. The number of nitrogens with one attached hydrogen (secondary N) is 1. The van der Waals surface area contributed by atoms with Crippen LogP contribution in [0.25, 0.3) is 16.6 Å². The van der Waals surface area contributed by atoms with Crippen molar-refractivity contribution < 1.29 is 4.74 Å². The number of nitrogens with zero attached hydrogens (tertiary/aromatic N) is 5. The van der Waals surface area contributed by atoms with Gasteiger partial charge in [-0.3, -0.25) is 9.36 Å². The van der Waals surface area contributed by atoms with Gasteiger partial charge in [-0.15, -0.1) is 0 Å². The van der Waals surface area contributed by atoms with Crippen molar-refractivity contribution >= 4 is 40.2 Å². The number of nitrogen functional groups attached to an aromatic ring is 1. The van der Waals surface area contributed by atoms with Gasteiger partial charge in [0.2, 0.25) is 11.9 Å². The second kappa shape index (κ2) is 10.0. The summed E-state index contributed by atoms with van der Waals surface area (Å²) in [5.41, 5.74) is 8.81. The first-order valence-corrected chi connectivity index (χ1v) is 12.1. The van der Waals surface area contributed by atoms with Gasteiger partial charge in [-0.05, 0) is 48.9 Å². The van der Waals surface area contributed by atoms with E-state index >= 15 is 0 Å². The zero-order valence-corrected chi connectivity index (χ0v) is 20.5. The maximum Gasteiger partial charge on any atom is 0.266 e. The lowest BCUT2D eigenvalue weighted by atomic mass is 10.2. The highest BCUT2D eigenvalue weighted by atomic mass is 32.2. The monoisotopic (exact) mass is 497 g/mol. The molecular weight excluding hydrogens is 474 g/mol. The summed E-state index contributed by atoms with van der Waals surface area (Å²) in [4.78, 5) is 31.4. The summed E-state index contributed by atoms with van der Waals surface area (Å²) in [6, 6.07) is 22.5. The molecule has 0 aliphatic carbocycles. The van der Waals surface area contributed by atoms with Gasteiger partial charge < -0.3 is 15.8 Å². The molecule has 0 radical (unpaired) electrons. The zero-order valence-electron chi connectivity index (χ0n) is 19.7. The minimum absolute atomic E-state index is 0.100. The Morgan fingerprint density at radius 3 is 2.56 bits per heavy atom. The molecule has 0 aliphatic heterocycles. The van der Waals surface area contributed by atoms with E-state index in [1.54, 1.807) is 17.7 Å². The lowest BCUT2D eigenvalue weighted by molar-refractivity contribution is 0.411. The summed E-state index contributed by atoms with van der Waals surface area (Å²) in [5, 5.41) is 4.14. The molecule has 0 spiro atoms. The molecule has 36 heavy (non-hydrogen) atoms. The second-order valence-corrected chi connectivity index (χ2v) is 8.88. The van der Waals surface area contributed by atoms with Crippen LogP contribution in [-0.2, 0) is 5.75 Å². The Labute approximate surface area is 211 Å². The predicted molar refractivity (Wildman–Crippen MR) is 142 cm³/mol. The van der Waals surface area contributed by atoms with E-state index in [-0.39, 0.29) is 11.5 Å². The van der Waals surface area contributed by atoms with Crippen LogP contribution >= 0.6 is 11.8 Å². The molecule has 0 bridgehead atoms. The van der Waals surface area contributed by atoms with E-state index in [1.807, 2.05) is 73.7 Å². The Kier molecular flexibility index (Phi) is 6.50. The SMILES string of the molecule is COc1ccc(C)cc1-n1c(SCc2nc(N)nc(Nc3ccccc3)n2)nc2ccccc2c1=O. The van der Waals surface area contributed by atoms with E-state index < -0.39 is 0 Å². The molecule has 3 aromatic carbocycles. The van der Waals surface area contributed by atoms with Crippen molar-refractivity contribution in [1.82, 2.24) is 24.5 Å². The first-order valence-electron chi connectivity index (χ1n) is 11.1. The van der Waals surface area contributed by atoms with Crippen molar-refractivity contribution in [3.05, 3.63) is 94.5 Å². The molecule has 3 N–H and O–H groups in total. The van der Waals surface area contributed by atoms with Crippen LogP contribution in [0.5, 0.6) is 5.75 Å². The zero-order chi connectivity index (χ0) is 25.1. The predicted octanol–water partition coefficient (Wildman–Crippen LogP) is 4.51. The molecule has 0 unspecified atom stereocenters. The minimum atomic E-state index is -0.186. The Morgan fingerprint density at radius 1 is 0.972 bits per heavy atom. The van der Waals surface area contributed by atoms with Crippen molar-refractivity contribution in [2.75, 3.05) is 18.2 Å². The lowest BCUT2D eigenvalue weighted by Crippen LogP contribution is -2.22. The first kappa shape index (κ1) is 23.3. The molecule has 0 amide bonds. The molecular formula is C26H23N7O2S. The fraction of sp³-hybridized carbons (Fsp3) is 0.115. The highest BCUT2D eigenvalue weighted by molar-refractivity contribution is 7.98. The minimum Gasteiger partial charge on any atom is -0.495 e. The fourth-order valence-corrected chi connectivity index (χ4v) is 4.60. The third kappa shape index (κ3) is 4.84. The topological polar surface area (TPSA) is 121 Å². The number of rotatable bonds is 7. The maximum atomic E-state index is 13.6. The summed E-state index contributed by atoms with van der Waals surface area (Å²) < 4.78 is 7.15. The first-order chi connectivity index (χ1) is 17.5. The molecule has 180 valence electrons. The number of hydrogen-bond donors (Lipinski definition) is 2. The molecule has 0 saturated heterocycles. The van der Waals surface area contributed by atoms with E-state index in [4.69, 9.17) is 15.5 Å². The number of nitrogens with two attached hydrogens (primary N) is 1.